The zero-order chi connectivity index (χ0) is 38.9. The molecule has 12 nitrogen and oxygen atoms in total. The lowest BCUT2D eigenvalue weighted by atomic mass is 9.71. The first-order valence-corrected chi connectivity index (χ1v) is 20.1. The lowest BCUT2D eigenvalue weighted by molar-refractivity contribution is -0.340. The van der Waals surface area contributed by atoms with Gasteiger partial charge < -0.3 is 48.8 Å². The molecule has 15 atom stereocenters. The highest BCUT2D eigenvalue weighted by molar-refractivity contribution is 6.06. The molecule has 302 valence electrons. The van der Waals surface area contributed by atoms with Gasteiger partial charge in [0.2, 0.25) is 0 Å². The first-order chi connectivity index (χ1) is 25.8. The summed E-state index contributed by atoms with van der Waals surface area (Å²) >= 11 is 0. The molecule has 54 heavy (non-hydrogen) atoms. The highest BCUT2D eigenvalue weighted by Gasteiger charge is 2.60. The van der Waals surface area contributed by atoms with Gasteiger partial charge in [-0.2, -0.15) is 0 Å². The molecule has 0 aromatic carbocycles. The minimum absolute atomic E-state index is 0.0145. The summed E-state index contributed by atoms with van der Waals surface area (Å²) in [4.78, 5) is 14.3. The summed E-state index contributed by atoms with van der Waals surface area (Å²) in [6.07, 6.45) is 11.3. The molecule has 6 aliphatic rings. The third-order valence-electron chi connectivity index (χ3n) is 13.0. The molecule has 4 fully saturated rings. The number of carbonyl (C=O) groups excluding carboxylic acids is 1. The summed E-state index contributed by atoms with van der Waals surface area (Å²) in [7, 11) is 3.64. The number of fused-ring (bicyclic) bond motifs is 2. The Bertz CT molecular complexity index is 1500. The average molecular weight is 757 g/mol. The van der Waals surface area contributed by atoms with Crippen LogP contribution in [0.25, 0.3) is 0 Å². The smallest absolute Gasteiger partial charge is 0.316 e. The molecule has 5 aliphatic heterocycles. The molecule has 6 rings (SSSR count). The summed E-state index contributed by atoms with van der Waals surface area (Å²) in [6.45, 7) is 14.6. The summed E-state index contributed by atoms with van der Waals surface area (Å²) in [5.41, 5.74) is 0.439. The van der Waals surface area contributed by atoms with E-state index in [2.05, 4.69) is 51.2 Å². The van der Waals surface area contributed by atoms with E-state index in [1.54, 1.807) is 26.2 Å². The Balaban J connectivity index is 1.38. The van der Waals surface area contributed by atoms with Gasteiger partial charge in [0.05, 0.1) is 43.2 Å². The number of hydrogen-bond donors (Lipinski definition) is 3. The third-order valence-corrected chi connectivity index (χ3v) is 13.0. The van der Waals surface area contributed by atoms with Gasteiger partial charge >= 0.3 is 5.97 Å². The van der Waals surface area contributed by atoms with Crippen molar-refractivity contribution in [2.45, 2.75) is 160 Å². The summed E-state index contributed by atoms with van der Waals surface area (Å²) in [5, 5.41) is 29.3. The number of methoxy groups -OCH3 is 1. The third kappa shape index (κ3) is 8.05. The minimum atomic E-state index is -1.82. The minimum Gasteiger partial charge on any atom is -0.462 e. The number of likely N-dealkylation sites (N-methyl/N-ethyl adjacent to an activating group) is 1. The number of aliphatic hydroxyl groups is 1. The lowest BCUT2D eigenvalue weighted by Crippen LogP contribution is -2.57. The van der Waals surface area contributed by atoms with Crippen LogP contribution < -0.4 is 5.32 Å². The Hall–Kier alpha value is -2.42. The number of nitrogens with one attached hydrogen (secondary N) is 1. The Morgan fingerprint density at radius 1 is 1.15 bits per heavy atom. The molecular weight excluding hydrogens is 692 g/mol. The van der Waals surface area contributed by atoms with Crippen molar-refractivity contribution in [2.75, 3.05) is 20.8 Å². The van der Waals surface area contributed by atoms with Crippen LogP contribution in [0.2, 0.25) is 0 Å². The van der Waals surface area contributed by atoms with Gasteiger partial charge in [0.25, 0.3) is 0 Å². The second kappa shape index (κ2) is 17.0. The van der Waals surface area contributed by atoms with E-state index in [1.165, 1.54) is 0 Å². The molecule has 12 heteroatoms. The maximum absolute atomic E-state index is 14.3. The topological polar surface area (TPSA) is 147 Å². The van der Waals surface area contributed by atoms with Crippen LogP contribution in [0.15, 0.2) is 52.3 Å². The first kappa shape index (κ1) is 41.2. The predicted octanol–water partition coefficient (Wildman–Crippen LogP) is 5.76. The molecule has 4 saturated heterocycles. The maximum atomic E-state index is 14.3. The van der Waals surface area contributed by atoms with Crippen molar-refractivity contribution >= 4 is 11.7 Å². The molecule has 5 heterocycles. The van der Waals surface area contributed by atoms with Gasteiger partial charge in [0, 0.05) is 38.7 Å². The number of rotatable bonds is 6. The lowest BCUT2D eigenvalue weighted by Gasteiger charge is -2.51. The normalized spacial score (nSPS) is 47.1. The van der Waals surface area contributed by atoms with Gasteiger partial charge in [-0.25, -0.2) is 0 Å². The fourth-order valence-corrected chi connectivity index (χ4v) is 9.70. The molecule has 0 radical (unpaired) electrons. The molecule has 1 aliphatic carbocycles. The maximum Gasteiger partial charge on any atom is 0.316 e. The number of carbonyl (C=O) groups is 1. The largest absolute Gasteiger partial charge is 0.462 e. The van der Waals surface area contributed by atoms with Crippen molar-refractivity contribution in [2.24, 2.45) is 28.8 Å². The highest BCUT2D eigenvalue weighted by Crippen LogP contribution is 2.47. The first-order valence-electron chi connectivity index (χ1n) is 20.1. The molecule has 0 saturated carbocycles. The predicted molar refractivity (Wildman–Crippen MR) is 203 cm³/mol. The standard InChI is InChI=1S/C42H64N2O10/c1-10-23(2)38-26(5)16-17-41(54-38)21-31-19-30(53-41)15-14-25(4)37(52-34-20-33(48-9)36(43-8)28(7)50-34)24(3)12-11-13-29-22-49-39-35(44-47)27(6)18-32(40(45)51-31)42(29,39)46/h11-14,18,23-24,26,28,30-34,36-39,43,46-47H,10,15-17,19-22H2,1-9H3/b12-11+,25-14+,29-13+,44-35+/t23?,24?,26-,28-,30?,31?,32?,33-,34?,36-,37+,38?,39?,41?,42-/m1/s1. The van der Waals surface area contributed by atoms with Crippen LogP contribution in [0.1, 0.15) is 93.4 Å². The van der Waals surface area contributed by atoms with Crippen molar-refractivity contribution < 1.29 is 48.3 Å². The number of esters is 1. The molecule has 0 amide bonds. The van der Waals surface area contributed by atoms with Crippen molar-refractivity contribution in [1.82, 2.24) is 5.32 Å². The van der Waals surface area contributed by atoms with Crippen molar-refractivity contribution in [3.63, 3.8) is 0 Å². The van der Waals surface area contributed by atoms with Crippen LogP contribution >= 0.6 is 0 Å². The van der Waals surface area contributed by atoms with E-state index in [1.807, 2.05) is 26.1 Å². The second-order valence-electron chi connectivity index (χ2n) is 16.7. The average Bonchev–Trinajstić information content (AvgIpc) is 3.48. The van der Waals surface area contributed by atoms with Crippen molar-refractivity contribution in [1.29, 1.82) is 0 Å². The zero-order valence-corrected chi connectivity index (χ0v) is 33.7. The summed E-state index contributed by atoms with van der Waals surface area (Å²) in [6, 6.07) is 0.0389. The molecular formula is C42H64N2O10. The van der Waals surface area contributed by atoms with Crippen LogP contribution in [-0.2, 0) is 38.0 Å². The van der Waals surface area contributed by atoms with Gasteiger partial charge in [-0.1, -0.05) is 69.7 Å². The van der Waals surface area contributed by atoms with Crippen molar-refractivity contribution in [3.8, 4) is 0 Å². The monoisotopic (exact) mass is 756 g/mol. The van der Waals surface area contributed by atoms with Crippen LogP contribution in [0.5, 0.6) is 0 Å². The fourth-order valence-electron chi connectivity index (χ4n) is 9.70. The van der Waals surface area contributed by atoms with E-state index < -0.39 is 41.8 Å². The number of oxime groups is 1. The van der Waals surface area contributed by atoms with Crippen LogP contribution in [0.3, 0.4) is 0 Å². The molecule has 1 spiro atoms. The van der Waals surface area contributed by atoms with E-state index in [-0.39, 0.29) is 54.8 Å². The molecule has 3 N–H and O–H groups in total. The van der Waals surface area contributed by atoms with Crippen LogP contribution in [-0.4, -0.2) is 109 Å². The van der Waals surface area contributed by atoms with Gasteiger partial charge in [0.1, 0.15) is 29.4 Å². The number of hydrogen-bond acceptors (Lipinski definition) is 12. The van der Waals surface area contributed by atoms with E-state index >= 15 is 0 Å². The van der Waals surface area contributed by atoms with E-state index in [0.717, 1.165) is 18.4 Å². The quantitative estimate of drug-likeness (QED) is 0.132. The number of allylic oxidation sites excluding steroid dienone is 2. The Morgan fingerprint density at radius 3 is 2.63 bits per heavy atom. The number of nitrogens with zero attached hydrogens (tertiary/aromatic N) is 1. The van der Waals surface area contributed by atoms with E-state index in [4.69, 9.17) is 33.2 Å². The second-order valence-corrected chi connectivity index (χ2v) is 16.7. The Kier molecular flexibility index (Phi) is 13.0. The molecule has 0 aromatic heterocycles. The molecule has 9 unspecified atom stereocenters. The van der Waals surface area contributed by atoms with Crippen LogP contribution in [0, 0.1) is 23.7 Å². The van der Waals surface area contributed by atoms with Crippen molar-refractivity contribution in [3.05, 3.63) is 47.1 Å². The Labute approximate surface area is 321 Å². The SMILES string of the molecule is CCC(C)C1OC2(CC[C@H]1C)CC1CC(C/C=C(\C)[C@@H](OC3C[C@@H](OC)[C@H](NC)[C@@H](C)O3)C(C)/C=C/C=C3\COC4/C(=N/O)C(C)=CC(C(=O)O1)[C@]34O)O2. The summed E-state index contributed by atoms with van der Waals surface area (Å²) < 4.78 is 45.5. The highest BCUT2D eigenvalue weighted by atomic mass is 16.7. The number of ether oxygens (including phenoxy) is 7. The van der Waals surface area contributed by atoms with Gasteiger partial charge in [-0.05, 0) is 69.2 Å². The molecule has 0 aromatic rings. The molecule has 2 bridgehead atoms. The van der Waals surface area contributed by atoms with Gasteiger partial charge in [-0.3, -0.25) is 4.79 Å². The van der Waals surface area contributed by atoms with Crippen LogP contribution in [0.4, 0.5) is 0 Å². The Morgan fingerprint density at radius 2 is 1.93 bits per heavy atom. The van der Waals surface area contributed by atoms with E-state index in [0.29, 0.717) is 55.1 Å². The van der Waals surface area contributed by atoms with Gasteiger partial charge in [-0.15, -0.1) is 0 Å². The van der Waals surface area contributed by atoms with Gasteiger partial charge in [0.15, 0.2) is 12.1 Å². The summed E-state index contributed by atoms with van der Waals surface area (Å²) in [5.74, 6) is -1.95. The fraction of sp³-hybridized carbons (Fsp3) is 0.762. The van der Waals surface area contributed by atoms with E-state index in [9.17, 15) is 15.1 Å². The zero-order valence-electron chi connectivity index (χ0n) is 33.7.